The van der Waals surface area contributed by atoms with Crippen LogP contribution in [-0.4, -0.2) is 11.6 Å². The van der Waals surface area contributed by atoms with E-state index < -0.39 is 0 Å². The molecule has 0 spiro atoms. The van der Waals surface area contributed by atoms with Crippen LogP contribution in [-0.2, 0) is 0 Å². The molecule has 0 radical (unpaired) electrons. The van der Waals surface area contributed by atoms with Crippen molar-refractivity contribution in [3.8, 4) is 0 Å². The minimum Gasteiger partial charge on any atom is -0.354 e. The molecule has 0 aromatic heterocycles. The topological polar surface area (TPSA) is 53.3 Å². The molecule has 5 heteroatoms. The maximum atomic E-state index is 6.32. The third-order valence-electron chi connectivity index (χ3n) is 4.28. The Labute approximate surface area is 135 Å². The summed E-state index contributed by atoms with van der Waals surface area (Å²) in [6, 6.07) is 13.9. The van der Waals surface area contributed by atoms with Gasteiger partial charge in [0.25, 0.3) is 0 Å². The Bertz CT molecular complexity index is 699. The fourth-order valence-corrected chi connectivity index (χ4v) is 3.02. The maximum Gasteiger partial charge on any atom is 0.103 e. The first kappa shape index (κ1) is 13.9. The summed E-state index contributed by atoms with van der Waals surface area (Å²) in [6.07, 6.45) is 2.58. The zero-order valence-corrected chi connectivity index (χ0v) is 13.0. The number of anilines is 3. The van der Waals surface area contributed by atoms with Crippen molar-refractivity contribution >= 4 is 28.7 Å². The van der Waals surface area contributed by atoms with Gasteiger partial charge in [-0.2, -0.15) is 0 Å². The van der Waals surface area contributed by atoms with E-state index in [0.29, 0.717) is 5.02 Å². The number of hydrazine groups is 1. The highest BCUT2D eigenvalue weighted by atomic mass is 35.5. The monoisotopic (exact) mass is 314 g/mol. The smallest absolute Gasteiger partial charge is 0.103 e. The number of para-hydroxylation sites is 1. The Kier molecular flexibility index (Phi) is 3.45. The molecule has 1 aliphatic heterocycles. The molecule has 22 heavy (non-hydrogen) atoms. The van der Waals surface area contributed by atoms with Gasteiger partial charge in [0, 0.05) is 17.8 Å². The van der Waals surface area contributed by atoms with Gasteiger partial charge in [-0.25, -0.2) is 5.01 Å². The zero-order valence-electron chi connectivity index (χ0n) is 12.2. The number of fused-ring (bicyclic) bond motifs is 1. The fourth-order valence-electron chi connectivity index (χ4n) is 2.84. The lowest BCUT2D eigenvalue weighted by atomic mass is 10.1. The van der Waals surface area contributed by atoms with Gasteiger partial charge in [0.2, 0.25) is 0 Å². The van der Waals surface area contributed by atoms with E-state index in [1.54, 1.807) is 0 Å². The zero-order chi connectivity index (χ0) is 15.1. The van der Waals surface area contributed by atoms with E-state index in [0.717, 1.165) is 35.1 Å². The average Bonchev–Trinajstić information content (AvgIpc) is 3.27. The first-order valence-electron chi connectivity index (χ1n) is 7.65. The van der Waals surface area contributed by atoms with Gasteiger partial charge in [0.05, 0.1) is 16.4 Å². The third-order valence-corrected chi connectivity index (χ3v) is 4.61. The molecule has 2 aromatic carbocycles. The van der Waals surface area contributed by atoms with Crippen molar-refractivity contribution in [2.24, 2.45) is 11.7 Å². The number of halogens is 1. The minimum absolute atomic E-state index is 0.0648. The molecule has 1 unspecified atom stereocenters. The van der Waals surface area contributed by atoms with Gasteiger partial charge in [-0.3, -0.25) is 0 Å². The Morgan fingerprint density at radius 3 is 2.82 bits per heavy atom. The molecular formula is C17H19ClN4. The summed E-state index contributed by atoms with van der Waals surface area (Å²) in [6.45, 7) is 1.02. The van der Waals surface area contributed by atoms with Crippen molar-refractivity contribution in [1.29, 1.82) is 0 Å². The lowest BCUT2D eigenvalue weighted by Crippen LogP contribution is -2.34. The molecule has 0 saturated heterocycles. The van der Waals surface area contributed by atoms with Gasteiger partial charge in [-0.1, -0.05) is 29.8 Å². The van der Waals surface area contributed by atoms with Crippen LogP contribution in [0.25, 0.3) is 0 Å². The van der Waals surface area contributed by atoms with E-state index in [4.69, 9.17) is 17.3 Å². The van der Waals surface area contributed by atoms with Crippen LogP contribution < -0.4 is 16.5 Å². The Morgan fingerprint density at radius 1 is 1.23 bits per heavy atom. The summed E-state index contributed by atoms with van der Waals surface area (Å²) in [5.41, 5.74) is 13.9. The van der Waals surface area contributed by atoms with Crippen molar-refractivity contribution in [3.63, 3.8) is 0 Å². The van der Waals surface area contributed by atoms with E-state index in [1.165, 1.54) is 12.8 Å². The summed E-state index contributed by atoms with van der Waals surface area (Å²) in [5.74, 6) is 0.800. The van der Waals surface area contributed by atoms with Crippen LogP contribution in [0, 0.1) is 5.92 Å². The summed E-state index contributed by atoms with van der Waals surface area (Å²) in [4.78, 5) is 0. The summed E-state index contributed by atoms with van der Waals surface area (Å²) in [7, 11) is 0. The fraction of sp³-hybridized carbons (Fsp3) is 0.294. The number of benzene rings is 2. The third kappa shape index (κ3) is 2.65. The molecule has 0 amide bonds. The molecule has 1 aliphatic carbocycles. The Morgan fingerprint density at radius 2 is 2.05 bits per heavy atom. The highest BCUT2D eigenvalue weighted by Crippen LogP contribution is 2.38. The van der Waals surface area contributed by atoms with Crippen molar-refractivity contribution in [1.82, 2.24) is 5.01 Å². The molecule has 114 valence electrons. The van der Waals surface area contributed by atoms with Gasteiger partial charge in [0.15, 0.2) is 0 Å². The molecule has 4 nitrogen and oxygen atoms in total. The van der Waals surface area contributed by atoms with E-state index in [1.807, 2.05) is 30.3 Å². The molecule has 1 heterocycles. The molecule has 4 N–H and O–H groups in total. The molecule has 1 saturated carbocycles. The van der Waals surface area contributed by atoms with Crippen LogP contribution in [0.1, 0.15) is 24.6 Å². The lowest BCUT2D eigenvalue weighted by Gasteiger charge is -2.20. The van der Waals surface area contributed by atoms with Crippen molar-refractivity contribution < 1.29 is 0 Å². The van der Waals surface area contributed by atoms with Gasteiger partial charge >= 0.3 is 0 Å². The standard InChI is InChI=1S/C17H19ClN4/c18-14-3-1-2-4-15(14)20-12-7-8-13-16(9-12)21-22(17(13)19)10-11-5-6-11/h1-4,7-9,11,17,20-21H,5-6,10,19H2. The first-order valence-corrected chi connectivity index (χ1v) is 8.03. The van der Waals surface area contributed by atoms with E-state index in [2.05, 4.69) is 27.9 Å². The van der Waals surface area contributed by atoms with E-state index >= 15 is 0 Å². The summed E-state index contributed by atoms with van der Waals surface area (Å²) >= 11 is 6.20. The predicted octanol–water partition coefficient (Wildman–Crippen LogP) is 4.09. The SMILES string of the molecule is NC1c2ccc(Nc3ccccc3Cl)cc2NN1CC1CC1. The number of hydrogen-bond acceptors (Lipinski definition) is 4. The number of nitrogens with zero attached hydrogens (tertiary/aromatic N) is 1. The van der Waals surface area contributed by atoms with Gasteiger partial charge in [-0.15, -0.1) is 0 Å². The van der Waals surface area contributed by atoms with E-state index in [9.17, 15) is 0 Å². The van der Waals surface area contributed by atoms with E-state index in [-0.39, 0.29) is 6.17 Å². The molecule has 4 rings (SSSR count). The minimum atomic E-state index is -0.0648. The van der Waals surface area contributed by atoms with Crippen LogP contribution in [0.2, 0.25) is 5.02 Å². The van der Waals surface area contributed by atoms with Gasteiger partial charge in [-0.05, 0) is 43.0 Å². The van der Waals surface area contributed by atoms with Gasteiger partial charge < -0.3 is 16.5 Å². The molecular weight excluding hydrogens is 296 g/mol. The second-order valence-electron chi connectivity index (χ2n) is 6.06. The van der Waals surface area contributed by atoms with Crippen molar-refractivity contribution in [2.45, 2.75) is 19.0 Å². The van der Waals surface area contributed by atoms with Crippen molar-refractivity contribution in [3.05, 3.63) is 53.1 Å². The van der Waals surface area contributed by atoms with Crippen LogP contribution >= 0.6 is 11.6 Å². The van der Waals surface area contributed by atoms with Gasteiger partial charge in [0.1, 0.15) is 6.17 Å². The van der Waals surface area contributed by atoms with Crippen LogP contribution in [0.15, 0.2) is 42.5 Å². The molecule has 2 aliphatic rings. The molecule has 1 fully saturated rings. The average molecular weight is 315 g/mol. The van der Waals surface area contributed by atoms with Crippen LogP contribution in [0.3, 0.4) is 0 Å². The first-order chi connectivity index (χ1) is 10.7. The highest BCUT2D eigenvalue weighted by Gasteiger charge is 2.32. The van der Waals surface area contributed by atoms with Crippen LogP contribution in [0.4, 0.5) is 17.1 Å². The predicted molar refractivity (Wildman–Crippen MR) is 91.2 cm³/mol. The quantitative estimate of drug-likeness (QED) is 0.795. The summed E-state index contributed by atoms with van der Waals surface area (Å²) in [5, 5.41) is 6.21. The number of nitrogens with two attached hydrogens (primary N) is 1. The highest BCUT2D eigenvalue weighted by molar-refractivity contribution is 6.33. The normalized spacial score (nSPS) is 20.5. The number of rotatable bonds is 4. The Balaban J connectivity index is 1.54. The maximum absolute atomic E-state index is 6.32. The second kappa shape index (κ2) is 5.47. The summed E-state index contributed by atoms with van der Waals surface area (Å²) < 4.78 is 0. The largest absolute Gasteiger partial charge is 0.354 e. The molecule has 1 atom stereocenters. The molecule has 0 bridgehead atoms. The van der Waals surface area contributed by atoms with Crippen LogP contribution in [0.5, 0.6) is 0 Å². The number of nitrogens with one attached hydrogen (secondary N) is 2. The van der Waals surface area contributed by atoms with Crippen molar-refractivity contribution in [2.75, 3.05) is 17.3 Å². The number of hydrogen-bond donors (Lipinski definition) is 3. The molecule has 2 aromatic rings. The second-order valence-corrected chi connectivity index (χ2v) is 6.47. The Hall–Kier alpha value is -1.75. The lowest BCUT2D eigenvalue weighted by molar-refractivity contribution is 0.257.